The van der Waals surface area contributed by atoms with Crippen LogP contribution < -0.4 is 9.46 Å². The van der Waals surface area contributed by atoms with Crippen LogP contribution in [0.5, 0.6) is 5.75 Å². The molecular formula is C23H22FNO4S. The lowest BCUT2D eigenvalue weighted by atomic mass is 9.98. The average molecular weight is 427 g/mol. The molecule has 1 N–H and O–H groups in total. The number of carbonyl (C=O) groups is 1. The first kappa shape index (κ1) is 21.7. The molecule has 0 fully saturated rings. The molecule has 0 aliphatic heterocycles. The van der Waals surface area contributed by atoms with Gasteiger partial charge in [0.1, 0.15) is 11.6 Å². The average Bonchev–Trinajstić information content (AvgIpc) is 2.75. The zero-order valence-electron chi connectivity index (χ0n) is 16.7. The van der Waals surface area contributed by atoms with Gasteiger partial charge < -0.3 is 4.74 Å². The molecular weight excluding hydrogens is 405 g/mol. The van der Waals surface area contributed by atoms with Gasteiger partial charge in [-0.05, 0) is 53.4 Å². The van der Waals surface area contributed by atoms with Gasteiger partial charge >= 0.3 is 0 Å². The Balaban J connectivity index is 1.74. The van der Waals surface area contributed by atoms with Crippen LogP contribution >= 0.6 is 0 Å². The Kier molecular flexibility index (Phi) is 6.64. The SMILES string of the molecule is COc1ccc(CS(=O)(=O)NCC(=O)c2cc(-c3ccccc3)cc(C)c2F)cc1. The first-order valence-electron chi connectivity index (χ1n) is 9.28. The third-order valence-corrected chi connectivity index (χ3v) is 5.93. The van der Waals surface area contributed by atoms with Crippen LogP contribution in [0, 0.1) is 12.7 Å². The number of nitrogens with one attached hydrogen (secondary N) is 1. The first-order valence-corrected chi connectivity index (χ1v) is 10.9. The fourth-order valence-corrected chi connectivity index (χ4v) is 4.12. The van der Waals surface area contributed by atoms with E-state index in [1.54, 1.807) is 37.3 Å². The van der Waals surface area contributed by atoms with Crippen LogP contribution in [0.3, 0.4) is 0 Å². The Morgan fingerprint density at radius 2 is 1.67 bits per heavy atom. The number of rotatable bonds is 8. The first-order chi connectivity index (χ1) is 14.3. The second-order valence-electron chi connectivity index (χ2n) is 6.87. The van der Waals surface area contributed by atoms with Gasteiger partial charge in [-0.1, -0.05) is 42.5 Å². The van der Waals surface area contributed by atoms with Gasteiger partial charge in [0.15, 0.2) is 5.78 Å². The van der Waals surface area contributed by atoms with Crippen molar-refractivity contribution in [3.05, 3.63) is 89.2 Å². The van der Waals surface area contributed by atoms with Crippen molar-refractivity contribution in [3.8, 4) is 16.9 Å². The van der Waals surface area contributed by atoms with Gasteiger partial charge in [0, 0.05) is 0 Å². The van der Waals surface area contributed by atoms with Gasteiger partial charge in [0.05, 0.1) is 25.0 Å². The summed E-state index contributed by atoms with van der Waals surface area (Å²) in [6.07, 6.45) is 0. The van der Waals surface area contributed by atoms with Crippen molar-refractivity contribution >= 4 is 15.8 Å². The maximum absolute atomic E-state index is 14.6. The lowest BCUT2D eigenvalue weighted by Crippen LogP contribution is -2.31. The predicted octanol–water partition coefficient (Wildman–Crippen LogP) is 4.11. The second kappa shape index (κ2) is 9.19. The number of benzene rings is 3. The van der Waals surface area contributed by atoms with Crippen molar-refractivity contribution in [2.45, 2.75) is 12.7 Å². The molecule has 0 aromatic heterocycles. The maximum Gasteiger partial charge on any atom is 0.216 e. The van der Waals surface area contributed by atoms with Crippen LogP contribution in [-0.2, 0) is 15.8 Å². The zero-order chi connectivity index (χ0) is 21.7. The van der Waals surface area contributed by atoms with Crippen molar-refractivity contribution < 1.29 is 22.3 Å². The molecule has 0 bridgehead atoms. The maximum atomic E-state index is 14.6. The number of ketones is 1. The minimum absolute atomic E-state index is 0.138. The Morgan fingerprint density at radius 1 is 1.00 bits per heavy atom. The van der Waals surface area contributed by atoms with E-state index in [0.29, 0.717) is 22.4 Å². The van der Waals surface area contributed by atoms with E-state index >= 15 is 0 Å². The van der Waals surface area contributed by atoms with Crippen molar-refractivity contribution in [1.82, 2.24) is 4.72 Å². The molecule has 156 valence electrons. The molecule has 0 heterocycles. The van der Waals surface area contributed by atoms with E-state index < -0.39 is 28.2 Å². The molecule has 0 spiro atoms. The van der Waals surface area contributed by atoms with Crippen LogP contribution in [0.4, 0.5) is 4.39 Å². The molecule has 0 amide bonds. The van der Waals surface area contributed by atoms with E-state index in [-0.39, 0.29) is 11.3 Å². The van der Waals surface area contributed by atoms with Crippen LogP contribution in [0.25, 0.3) is 11.1 Å². The highest BCUT2D eigenvalue weighted by Gasteiger charge is 2.19. The molecule has 0 unspecified atom stereocenters. The molecule has 3 aromatic carbocycles. The highest BCUT2D eigenvalue weighted by Crippen LogP contribution is 2.25. The van der Waals surface area contributed by atoms with E-state index in [9.17, 15) is 17.6 Å². The van der Waals surface area contributed by atoms with Gasteiger partial charge in [-0.25, -0.2) is 17.5 Å². The Morgan fingerprint density at radius 3 is 2.30 bits per heavy atom. The molecule has 0 saturated carbocycles. The zero-order valence-corrected chi connectivity index (χ0v) is 17.5. The number of hydrogen-bond donors (Lipinski definition) is 1. The van der Waals surface area contributed by atoms with Gasteiger partial charge in [-0.15, -0.1) is 0 Å². The van der Waals surface area contributed by atoms with Gasteiger partial charge in [-0.3, -0.25) is 4.79 Å². The summed E-state index contributed by atoms with van der Waals surface area (Å²) in [5.74, 6) is -0.959. The lowest BCUT2D eigenvalue weighted by molar-refractivity contribution is 0.0993. The molecule has 30 heavy (non-hydrogen) atoms. The third kappa shape index (κ3) is 5.31. The molecule has 0 aliphatic carbocycles. The number of methoxy groups -OCH3 is 1. The van der Waals surface area contributed by atoms with E-state index in [4.69, 9.17) is 4.74 Å². The summed E-state index contributed by atoms with van der Waals surface area (Å²) in [7, 11) is -2.26. The highest BCUT2D eigenvalue weighted by atomic mass is 32.2. The van der Waals surface area contributed by atoms with Crippen molar-refractivity contribution in [1.29, 1.82) is 0 Å². The predicted molar refractivity (Wildman–Crippen MR) is 115 cm³/mol. The summed E-state index contributed by atoms with van der Waals surface area (Å²) < 4.78 is 46.6. The fourth-order valence-electron chi connectivity index (χ4n) is 3.03. The van der Waals surface area contributed by atoms with E-state index in [2.05, 4.69) is 4.72 Å². The van der Waals surface area contributed by atoms with Crippen molar-refractivity contribution in [2.75, 3.05) is 13.7 Å². The lowest BCUT2D eigenvalue weighted by Gasteiger charge is -2.11. The number of sulfonamides is 1. The largest absolute Gasteiger partial charge is 0.497 e. The molecule has 0 saturated heterocycles. The van der Waals surface area contributed by atoms with Crippen LogP contribution in [0.2, 0.25) is 0 Å². The Hall–Kier alpha value is -3.03. The number of Topliss-reactive ketones (excluding diaryl/α,β-unsaturated/α-hetero) is 1. The molecule has 0 atom stereocenters. The number of hydrogen-bond acceptors (Lipinski definition) is 4. The summed E-state index contributed by atoms with van der Waals surface area (Å²) in [5.41, 5.74) is 2.26. The van der Waals surface area contributed by atoms with Crippen molar-refractivity contribution in [3.63, 3.8) is 0 Å². The highest BCUT2D eigenvalue weighted by molar-refractivity contribution is 7.88. The molecule has 3 aromatic rings. The van der Waals surface area contributed by atoms with Crippen molar-refractivity contribution in [2.24, 2.45) is 0 Å². The molecule has 0 aliphatic rings. The fraction of sp³-hybridized carbons (Fsp3) is 0.174. The monoisotopic (exact) mass is 427 g/mol. The summed E-state index contributed by atoms with van der Waals surface area (Å²) in [5, 5.41) is 0. The molecule has 7 heteroatoms. The smallest absolute Gasteiger partial charge is 0.216 e. The molecule has 3 rings (SSSR count). The van der Waals surface area contributed by atoms with E-state index in [1.165, 1.54) is 13.2 Å². The minimum Gasteiger partial charge on any atom is -0.497 e. The van der Waals surface area contributed by atoms with Gasteiger partial charge in [-0.2, -0.15) is 0 Å². The standard InChI is InChI=1S/C23H22FNO4S/c1-16-12-19(18-6-4-3-5-7-18)13-21(23(16)24)22(26)14-25-30(27,28)15-17-8-10-20(29-2)11-9-17/h3-13,25H,14-15H2,1-2H3. The summed E-state index contributed by atoms with van der Waals surface area (Å²) >= 11 is 0. The van der Waals surface area contributed by atoms with E-state index in [0.717, 1.165) is 5.56 Å². The van der Waals surface area contributed by atoms with E-state index in [1.807, 2.05) is 30.3 Å². The number of carbonyl (C=O) groups excluding carboxylic acids is 1. The second-order valence-corrected chi connectivity index (χ2v) is 8.68. The summed E-state index contributed by atoms with van der Waals surface area (Å²) in [6, 6.07) is 19.0. The molecule has 5 nitrogen and oxygen atoms in total. The topological polar surface area (TPSA) is 72.5 Å². The normalized spacial score (nSPS) is 11.3. The third-order valence-electron chi connectivity index (χ3n) is 4.63. The summed E-state index contributed by atoms with van der Waals surface area (Å²) in [4.78, 5) is 12.6. The van der Waals surface area contributed by atoms with Gasteiger partial charge in [0.2, 0.25) is 10.0 Å². The number of aryl methyl sites for hydroxylation is 1. The van der Waals surface area contributed by atoms with Crippen LogP contribution in [-0.4, -0.2) is 27.9 Å². The number of halogens is 1. The molecule has 0 radical (unpaired) electrons. The van der Waals surface area contributed by atoms with Crippen LogP contribution in [0.15, 0.2) is 66.7 Å². The number of ether oxygens (including phenoxy) is 1. The Labute approximate surface area is 175 Å². The Bertz CT molecular complexity index is 1140. The quantitative estimate of drug-likeness (QED) is 0.549. The van der Waals surface area contributed by atoms with Gasteiger partial charge in [0.25, 0.3) is 0 Å². The summed E-state index contributed by atoms with van der Waals surface area (Å²) in [6.45, 7) is 1.06. The van der Waals surface area contributed by atoms with Crippen LogP contribution in [0.1, 0.15) is 21.5 Å². The minimum atomic E-state index is -3.78.